The second-order valence-electron chi connectivity index (χ2n) is 5.84. The van der Waals surface area contributed by atoms with E-state index in [1.54, 1.807) is 26.2 Å². The van der Waals surface area contributed by atoms with Crippen molar-refractivity contribution >= 4 is 11.9 Å². The molecular weight excluding hydrogens is 280 g/mol. The SMILES string of the molecule is CC(C)(CCNC(=O)c1c[nH]cc1-c1ccccc1)C(=O)O. The number of nitrogens with one attached hydrogen (secondary N) is 2. The lowest BCUT2D eigenvalue weighted by atomic mass is 9.89. The van der Waals surface area contributed by atoms with E-state index in [4.69, 9.17) is 5.11 Å². The zero-order valence-corrected chi connectivity index (χ0v) is 12.7. The third-order valence-electron chi connectivity index (χ3n) is 3.69. The molecule has 5 heteroatoms. The van der Waals surface area contributed by atoms with E-state index in [0.29, 0.717) is 18.5 Å². The molecule has 0 spiro atoms. The number of hydrogen-bond acceptors (Lipinski definition) is 2. The topological polar surface area (TPSA) is 82.2 Å². The maximum Gasteiger partial charge on any atom is 0.309 e. The Kier molecular flexibility index (Phi) is 4.65. The Hall–Kier alpha value is -2.56. The molecule has 1 heterocycles. The van der Waals surface area contributed by atoms with Crippen LogP contribution in [-0.4, -0.2) is 28.5 Å². The fourth-order valence-electron chi connectivity index (χ4n) is 2.10. The van der Waals surface area contributed by atoms with Gasteiger partial charge in [0.15, 0.2) is 0 Å². The average Bonchev–Trinajstić information content (AvgIpc) is 2.97. The average molecular weight is 300 g/mol. The van der Waals surface area contributed by atoms with E-state index in [-0.39, 0.29) is 5.91 Å². The zero-order chi connectivity index (χ0) is 16.2. The summed E-state index contributed by atoms with van der Waals surface area (Å²) in [6.45, 7) is 3.61. The van der Waals surface area contributed by atoms with Crippen molar-refractivity contribution in [2.45, 2.75) is 20.3 Å². The highest BCUT2D eigenvalue weighted by molar-refractivity contribution is 6.00. The van der Waals surface area contributed by atoms with Crippen LogP contribution in [-0.2, 0) is 4.79 Å². The van der Waals surface area contributed by atoms with E-state index in [2.05, 4.69) is 10.3 Å². The molecule has 0 radical (unpaired) electrons. The molecule has 116 valence electrons. The summed E-state index contributed by atoms with van der Waals surface area (Å²) in [6, 6.07) is 9.63. The summed E-state index contributed by atoms with van der Waals surface area (Å²) in [5.41, 5.74) is 1.49. The van der Waals surface area contributed by atoms with Crippen LogP contribution >= 0.6 is 0 Å². The number of amides is 1. The van der Waals surface area contributed by atoms with Crippen LogP contribution in [0.5, 0.6) is 0 Å². The maximum atomic E-state index is 12.3. The fraction of sp³-hybridized carbons (Fsp3) is 0.294. The van der Waals surface area contributed by atoms with E-state index in [1.165, 1.54) is 0 Å². The van der Waals surface area contributed by atoms with Gasteiger partial charge in [-0.3, -0.25) is 9.59 Å². The zero-order valence-electron chi connectivity index (χ0n) is 12.7. The van der Waals surface area contributed by atoms with Gasteiger partial charge in [-0.15, -0.1) is 0 Å². The molecule has 0 saturated heterocycles. The van der Waals surface area contributed by atoms with Gasteiger partial charge in [0.05, 0.1) is 11.0 Å². The number of carbonyl (C=O) groups is 2. The lowest BCUT2D eigenvalue weighted by Gasteiger charge is -2.18. The normalized spacial score (nSPS) is 11.2. The molecule has 5 nitrogen and oxygen atoms in total. The number of aliphatic carboxylic acids is 1. The lowest BCUT2D eigenvalue weighted by Crippen LogP contribution is -2.32. The van der Waals surface area contributed by atoms with Gasteiger partial charge in [0.2, 0.25) is 0 Å². The number of aromatic amines is 1. The minimum absolute atomic E-state index is 0.207. The van der Waals surface area contributed by atoms with E-state index in [9.17, 15) is 9.59 Å². The van der Waals surface area contributed by atoms with E-state index in [1.807, 2.05) is 30.3 Å². The number of aromatic nitrogens is 1. The van der Waals surface area contributed by atoms with Crippen LogP contribution in [0.2, 0.25) is 0 Å². The van der Waals surface area contributed by atoms with Gasteiger partial charge in [-0.25, -0.2) is 0 Å². The van der Waals surface area contributed by atoms with E-state index >= 15 is 0 Å². The summed E-state index contributed by atoms with van der Waals surface area (Å²) in [5, 5.41) is 11.8. The molecular formula is C17H20N2O3. The molecule has 0 fully saturated rings. The molecule has 2 aromatic rings. The van der Waals surface area contributed by atoms with Gasteiger partial charge in [-0.2, -0.15) is 0 Å². The predicted molar refractivity (Wildman–Crippen MR) is 84.6 cm³/mol. The first-order valence-electron chi connectivity index (χ1n) is 7.15. The van der Waals surface area contributed by atoms with Crippen LogP contribution in [0.15, 0.2) is 42.7 Å². The van der Waals surface area contributed by atoms with Gasteiger partial charge in [0.1, 0.15) is 0 Å². The third kappa shape index (κ3) is 3.55. The van der Waals surface area contributed by atoms with Gasteiger partial charge in [-0.1, -0.05) is 30.3 Å². The summed E-state index contributed by atoms with van der Waals surface area (Å²) in [4.78, 5) is 26.3. The van der Waals surface area contributed by atoms with Crippen molar-refractivity contribution in [3.8, 4) is 11.1 Å². The molecule has 0 bridgehead atoms. The summed E-state index contributed by atoms with van der Waals surface area (Å²) < 4.78 is 0. The van der Waals surface area contributed by atoms with Crippen LogP contribution in [0.4, 0.5) is 0 Å². The van der Waals surface area contributed by atoms with Crippen molar-refractivity contribution < 1.29 is 14.7 Å². The Labute approximate surface area is 129 Å². The minimum atomic E-state index is -0.867. The van der Waals surface area contributed by atoms with Gasteiger partial charge < -0.3 is 15.4 Å². The molecule has 0 atom stereocenters. The van der Waals surface area contributed by atoms with Gasteiger partial charge in [0, 0.05) is 24.5 Å². The first-order valence-corrected chi connectivity index (χ1v) is 7.15. The van der Waals surface area contributed by atoms with Crippen LogP contribution < -0.4 is 5.32 Å². The minimum Gasteiger partial charge on any atom is -0.481 e. The number of H-pyrrole nitrogens is 1. The van der Waals surface area contributed by atoms with Gasteiger partial charge >= 0.3 is 5.97 Å². The van der Waals surface area contributed by atoms with Crippen molar-refractivity contribution in [2.75, 3.05) is 6.54 Å². The lowest BCUT2D eigenvalue weighted by molar-refractivity contribution is -0.147. The first-order chi connectivity index (χ1) is 10.4. The highest BCUT2D eigenvalue weighted by Gasteiger charge is 2.26. The standard InChI is InChI=1S/C17H20N2O3/c1-17(2,16(21)22)8-9-19-15(20)14-11-18-10-13(14)12-6-4-3-5-7-12/h3-7,10-11,18H,8-9H2,1-2H3,(H,19,20)(H,21,22). The third-order valence-corrected chi connectivity index (χ3v) is 3.69. The smallest absolute Gasteiger partial charge is 0.309 e. The van der Waals surface area contributed by atoms with Crippen molar-refractivity contribution in [2.24, 2.45) is 5.41 Å². The molecule has 0 aliphatic heterocycles. The summed E-state index contributed by atoms with van der Waals surface area (Å²) in [7, 11) is 0. The molecule has 22 heavy (non-hydrogen) atoms. The Morgan fingerprint density at radius 3 is 2.50 bits per heavy atom. The second kappa shape index (κ2) is 6.47. The molecule has 0 unspecified atom stereocenters. The Morgan fingerprint density at radius 1 is 1.18 bits per heavy atom. The highest BCUT2D eigenvalue weighted by atomic mass is 16.4. The Morgan fingerprint density at radius 2 is 1.86 bits per heavy atom. The molecule has 0 aliphatic rings. The molecule has 0 saturated carbocycles. The number of carboxylic acid groups (broad SMARTS) is 1. The number of rotatable bonds is 6. The first kappa shape index (κ1) is 15.8. The number of hydrogen-bond donors (Lipinski definition) is 3. The molecule has 1 aromatic heterocycles. The molecule has 3 N–H and O–H groups in total. The molecule has 1 aromatic carbocycles. The molecule has 2 rings (SSSR count). The summed E-state index contributed by atoms with van der Waals surface area (Å²) in [5.74, 6) is -1.07. The monoisotopic (exact) mass is 300 g/mol. The Bertz CT molecular complexity index is 660. The van der Waals surface area contributed by atoms with Crippen molar-refractivity contribution in [3.63, 3.8) is 0 Å². The second-order valence-corrected chi connectivity index (χ2v) is 5.84. The largest absolute Gasteiger partial charge is 0.481 e. The van der Waals surface area contributed by atoms with Gasteiger partial charge in [-0.05, 0) is 25.8 Å². The summed E-state index contributed by atoms with van der Waals surface area (Å²) in [6.07, 6.45) is 3.81. The van der Waals surface area contributed by atoms with E-state index < -0.39 is 11.4 Å². The van der Waals surface area contributed by atoms with Crippen molar-refractivity contribution in [3.05, 3.63) is 48.3 Å². The van der Waals surface area contributed by atoms with Crippen molar-refractivity contribution in [1.82, 2.24) is 10.3 Å². The van der Waals surface area contributed by atoms with Gasteiger partial charge in [0.25, 0.3) is 5.91 Å². The number of carbonyl (C=O) groups excluding carboxylic acids is 1. The van der Waals surface area contributed by atoms with Crippen LogP contribution in [0, 0.1) is 5.41 Å². The van der Waals surface area contributed by atoms with E-state index in [0.717, 1.165) is 11.1 Å². The fourth-order valence-corrected chi connectivity index (χ4v) is 2.10. The van der Waals surface area contributed by atoms with Crippen molar-refractivity contribution in [1.29, 1.82) is 0 Å². The van der Waals surface area contributed by atoms with Crippen LogP contribution in [0.1, 0.15) is 30.6 Å². The van der Waals surface area contributed by atoms with Crippen LogP contribution in [0.3, 0.4) is 0 Å². The number of carboxylic acids is 1. The molecule has 0 aliphatic carbocycles. The predicted octanol–water partition coefficient (Wildman–Crippen LogP) is 2.91. The summed E-state index contributed by atoms with van der Waals surface area (Å²) >= 11 is 0. The maximum absolute atomic E-state index is 12.3. The highest BCUT2D eigenvalue weighted by Crippen LogP contribution is 2.23. The Balaban J connectivity index is 2.03. The molecule has 1 amide bonds. The quantitative estimate of drug-likeness (QED) is 0.767. The number of benzene rings is 1. The van der Waals surface area contributed by atoms with Crippen LogP contribution in [0.25, 0.3) is 11.1 Å².